The summed E-state index contributed by atoms with van der Waals surface area (Å²) in [6.07, 6.45) is 9.00. The van der Waals surface area contributed by atoms with E-state index < -0.39 is 0 Å². The number of rotatable bonds is 11. The highest BCUT2D eigenvalue weighted by atomic mass is 16.1. The Morgan fingerprint density at radius 1 is 0.966 bits per heavy atom. The second kappa shape index (κ2) is 10.8. The molecule has 2 aromatic carbocycles. The molecular formula is C25H33N3O. The van der Waals surface area contributed by atoms with Crippen LogP contribution in [0.4, 0.5) is 0 Å². The van der Waals surface area contributed by atoms with Crippen molar-refractivity contribution in [1.82, 2.24) is 14.9 Å². The number of imidazole rings is 1. The number of unbranched alkanes of at least 4 members (excludes halogenated alkanes) is 6. The van der Waals surface area contributed by atoms with E-state index in [1.54, 1.807) is 0 Å². The van der Waals surface area contributed by atoms with E-state index in [0.29, 0.717) is 12.1 Å². The molecule has 1 amide bonds. The van der Waals surface area contributed by atoms with Crippen molar-refractivity contribution in [2.45, 2.75) is 71.9 Å². The van der Waals surface area contributed by atoms with E-state index in [2.05, 4.69) is 28.9 Å². The fourth-order valence-corrected chi connectivity index (χ4v) is 3.78. The van der Waals surface area contributed by atoms with E-state index >= 15 is 0 Å². The summed E-state index contributed by atoms with van der Waals surface area (Å²) >= 11 is 0. The molecule has 3 rings (SSSR count). The third-order valence-electron chi connectivity index (χ3n) is 5.41. The molecule has 0 atom stereocenters. The Labute approximate surface area is 174 Å². The predicted octanol–water partition coefficient (Wildman–Crippen LogP) is 6.03. The van der Waals surface area contributed by atoms with Crippen LogP contribution in [-0.4, -0.2) is 15.5 Å². The van der Waals surface area contributed by atoms with Gasteiger partial charge in [0.2, 0.25) is 0 Å². The van der Waals surface area contributed by atoms with Crippen LogP contribution in [0.15, 0.2) is 48.5 Å². The third-order valence-corrected chi connectivity index (χ3v) is 5.41. The van der Waals surface area contributed by atoms with Crippen LogP contribution in [0.1, 0.15) is 73.6 Å². The maximum absolute atomic E-state index is 12.5. The van der Waals surface area contributed by atoms with Crippen LogP contribution in [0.3, 0.4) is 0 Å². The molecule has 1 N–H and O–H groups in total. The zero-order valence-electron chi connectivity index (χ0n) is 17.8. The molecule has 0 aliphatic rings. The minimum Gasteiger partial charge on any atom is -0.345 e. The highest BCUT2D eigenvalue weighted by Crippen LogP contribution is 2.18. The normalized spacial score (nSPS) is 11.1. The summed E-state index contributed by atoms with van der Waals surface area (Å²) in [5.74, 6) is 0.876. The van der Waals surface area contributed by atoms with E-state index in [1.807, 2.05) is 43.3 Å². The summed E-state index contributed by atoms with van der Waals surface area (Å²) in [4.78, 5) is 17.3. The summed E-state index contributed by atoms with van der Waals surface area (Å²) in [6.45, 7) is 5.64. The van der Waals surface area contributed by atoms with Gasteiger partial charge < -0.3 is 9.88 Å². The molecule has 1 heterocycles. The highest BCUT2D eigenvalue weighted by Gasteiger charge is 2.12. The Morgan fingerprint density at radius 2 is 1.72 bits per heavy atom. The van der Waals surface area contributed by atoms with Crippen molar-refractivity contribution in [2.24, 2.45) is 0 Å². The summed E-state index contributed by atoms with van der Waals surface area (Å²) in [5.41, 5.74) is 3.93. The van der Waals surface area contributed by atoms with Crippen LogP contribution in [0.25, 0.3) is 11.0 Å². The second-order valence-corrected chi connectivity index (χ2v) is 7.84. The first-order chi connectivity index (χ1) is 14.2. The molecule has 0 spiro atoms. The van der Waals surface area contributed by atoms with E-state index in [9.17, 15) is 4.79 Å². The first kappa shape index (κ1) is 21.1. The molecule has 3 aromatic rings. The predicted molar refractivity (Wildman–Crippen MR) is 120 cm³/mol. The van der Waals surface area contributed by atoms with Gasteiger partial charge in [-0.05, 0) is 37.6 Å². The molecule has 29 heavy (non-hydrogen) atoms. The lowest BCUT2D eigenvalue weighted by molar-refractivity contribution is 0.0949. The number of carbonyl (C=O) groups excluding carboxylic acids is 1. The van der Waals surface area contributed by atoms with Crippen molar-refractivity contribution in [3.63, 3.8) is 0 Å². The summed E-state index contributed by atoms with van der Waals surface area (Å²) in [5, 5.41) is 3.05. The third kappa shape index (κ3) is 5.93. The van der Waals surface area contributed by atoms with Crippen LogP contribution in [0, 0.1) is 6.92 Å². The summed E-state index contributed by atoms with van der Waals surface area (Å²) in [7, 11) is 0. The van der Waals surface area contributed by atoms with E-state index in [0.717, 1.165) is 35.4 Å². The number of nitrogens with zero attached hydrogens (tertiary/aromatic N) is 2. The number of hydrogen-bond donors (Lipinski definition) is 1. The van der Waals surface area contributed by atoms with E-state index in [-0.39, 0.29) is 5.91 Å². The monoisotopic (exact) mass is 391 g/mol. The van der Waals surface area contributed by atoms with Gasteiger partial charge in [-0.3, -0.25) is 4.79 Å². The van der Waals surface area contributed by atoms with Crippen LogP contribution >= 0.6 is 0 Å². The van der Waals surface area contributed by atoms with Gasteiger partial charge in [-0.1, -0.05) is 75.3 Å². The molecular weight excluding hydrogens is 358 g/mol. The number of aryl methyl sites for hydroxylation is 2. The Morgan fingerprint density at radius 3 is 2.52 bits per heavy atom. The number of aromatic nitrogens is 2. The van der Waals surface area contributed by atoms with Gasteiger partial charge in [0.25, 0.3) is 5.91 Å². The zero-order chi connectivity index (χ0) is 20.5. The molecule has 0 radical (unpaired) electrons. The van der Waals surface area contributed by atoms with Gasteiger partial charge >= 0.3 is 0 Å². The smallest absolute Gasteiger partial charge is 0.251 e. The van der Waals surface area contributed by atoms with Crippen molar-refractivity contribution in [2.75, 3.05) is 0 Å². The topological polar surface area (TPSA) is 46.9 Å². The van der Waals surface area contributed by atoms with Gasteiger partial charge in [0.15, 0.2) is 0 Å². The number of fused-ring (bicyclic) bond motifs is 1. The summed E-state index contributed by atoms with van der Waals surface area (Å²) in [6, 6.07) is 15.9. The number of hydrogen-bond acceptors (Lipinski definition) is 2. The molecule has 0 unspecified atom stereocenters. The quantitative estimate of drug-likeness (QED) is 0.406. The van der Waals surface area contributed by atoms with Crippen LogP contribution < -0.4 is 5.32 Å². The molecule has 0 aliphatic heterocycles. The minimum atomic E-state index is -0.0526. The fourth-order valence-electron chi connectivity index (χ4n) is 3.78. The van der Waals surface area contributed by atoms with Crippen molar-refractivity contribution in [3.8, 4) is 0 Å². The van der Waals surface area contributed by atoms with Crippen LogP contribution in [0.2, 0.25) is 0 Å². The number of benzene rings is 2. The minimum absolute atomic E-state index is 0.0526. The molecule has 0 fully saturated rings. The number of para-hydroxylation sites is 2. The van der Waals surface area contributed by atoms with Crippen molar-refractivity contribution in [1.29, 1.82) is 0 Å². The molecule has 154 valence electrons. The lowest BCUT2D eigenvalue weighted by Gasteiger charge is -2.11. The zero-order valence-corrected chi connectivity index (χ0v) is 17.8. The molecule has 1 aromatic heterocycles. The van der Waals surface area contributed by atoms with Gasteiger partial charge in [-0.2, -0.15) is 0 Å². The molecule has 0 saturated heterocycles. The average molecular weight is 392 g/mol. The second-order valence-electron chi connectivity index (χ2n) is 7.84. The van der Waals surface area contributed by atoms with Gasteiger partial charge in [0.1, 0.15) is 5.82 Å². The molecule has 4 heteroatoms. The van der Waals surface area contributed by atoms with Crippen LogP contribution in [-0.2, 0) is 13.1 Å². The highest BCUT2D eigenvalue weighted by molar-refractivity contribution is 5.94. The molecule has 0 aliphatic carbocycles. The van der Waals surface area contributed by atoms with E-state index in [1.165, 1.54) is 38.5 Å². The molecule has 0 saturated carbocycles. The Bertz CT molecular complexity index is 929. The van der Waals surface area contributed by atoms with Gasteiger partial charge in [-0.25, -0.2) is 4.98 Å². The maximum atomic E-state index is 12.5. The largest absolute Gasteiger partial charge is 0.345 e. The van der Waals surface area contributed by atoms with Gasteiger partial charge in [0, 0.05) is 12.1 Å². The Kier molecular flexibility index (Phi) is 7.85. The van der Waals surface area contributed by atoms with E-state index in [4.69, 9.17) is 4.98 Å². The number of amides is 1. The molecule has 0 bridgehead atoms. The first-order valence-corrected chi connectivity index (χ1v) is 11.0. The number of nitrogens with one attached hydrogen (secondary N) is 1. The lowest BCUT2D eigenvalue weighted by Crippen LogP contribution is -2.24. The number of carbonyl (C=O) groups is 1. The van der Waals surface area contributed by atoms with Crippen LogP contribution in [0.5, 0.6) is 0 Å². The standard InChI is InChI=1S/C25H33N3O/c1-3-4-5-6-7-8-11-17-28-23-16-10-9-15-22(23)27-24(28)19-26-25(29)21-14-12-13-20(2)18-21/h9-10,12-16,18H,3-8,11,17,19H2,1-2H3,(H,26,29). The lowest BCUT2D eigenvalue weighted by atomic mass is 10.1. The van der Waals surface area contributed by atoms with Gasteiger partial charge in [-0.15, -0.1) is 0 Å². The molecule has 4 nitrogen and oxygen atoms in total. The van der Waals surface area contributed by atoms with Crippen molar-refractivity contribution in [3.05, 3.63) is 65.5 Å². The first-order valence-electron chi connectivity index (χ1n) is 11.0. The summed E-state index contributed by atoms with van der Waals surface area (Å²) < 4.78 is 2.28. The van der Waals surface area contributed by atoms with Crippen molar-refractivity contribution >= 4 is 16.9 Å². The maximum Gasteiger partial charge on any atom is 0.251 e. The fraction of sp³-hybridized carbons (Fsp3) is 0.440. The SMILES string of the molecule is CCCCCCCCCn1c(CNC(=O)c2cccc(C)c2)nc2ccccc21. The van der Waals surface area contributed by atoms with Crippen molar-refractivity contribution < 1.29 is 4.79 Å². The average Bonchev–Trinajstić information content (AvgIpc) is 3.09. The van der Waals surface area contributed by atoms with Gasteiger partial charge in [0.05, 0.1) is 17.6 Å². The Balaban J connectivity index is 1.62. The Hall–Kier alpha value is -2.62.